The zero-order valence-corrected chi connectivity index (χ0v) is 17.0. The second-order valence-corrected chi connectivity index (χ2v) is 7.19. The van der Waals surface area contributed by atoms with Crippen LogP contribution in [0.4, 0.5) is 10.1 Å². The van der Waals surface area contributed by atoms with Gasteiger partial charge < -0.3 is 24.1 Å². The minimum absolute atomic E-state index is 0.0621. The van der Waals surface area contributed by atoms with Crippen LogP contribution in [-0.2, 0) is 9.63 Å². The molecule has 158 valence electrons. The summed E-state index contributed by atoms with van der Waals surface area (Å²) in [5.41, 5.74) is 2.50. The Morgan fingerprint density at radius 3 is 2.40 bits per heavy atom. The molecule has 2 aromatic carbocycles. The summed E-state index contributed by atoms with van der Waals surface area (Å²) >= 11 is 0. The lowest BCUT2D eigenvalue weighted by atomic mass is 10.0. The van der Waals surface area contributed by atoms with E-state index in [2.05, 4.69) is 10.1 Å². The predicted octanol–water partition coefficient (Wildman–Crippen LogP) is 2.68. The van der Waals surface area contributed by atoms with E-state index < -0.39 is 6.10 Å². The number of hydrogen-bond acceptors (Lipinski definition) is 6. The van der Waals surface area contributed by atoms with E-state index in [1.165, 1.54) is 12.1 Å². The Morgan fingerprint density at radius 1 is 1.03 bits per heavy atom. The average molecular weight is 413 g/mol. The molecule has 4 rings (SSSR count). The molecule has 0 unspecified atom stereocenters. The Morgan fingerprint density at radius 2 is 1.73 bits per heavy atom. The summed E-state index contributed by atoms with van der Waals surface area (Å²) in [6, 6.07) is 11.9. The molecular formula is C22H24FN3O4. The molecule has 1 saturated heterocycles. The summed E-state index contributed by atoms with van der Waals surface area (Å²) in [4.78, 5) is 22.3. The second kappa shape index (κ2) is 8.61. The minimum atomic E-state index is -0.620. The normalized spacial score (nSPS) is 18.6. The van der Waals surface area contributed by atoms with Crippen molar-refractivity contribution in [3.63, 3.8) is 0 Å². The molecule has 2 aliphatic rings. The molecule has 0 spiro atoms. The fraction of sp³-hybridized carbons (Fsp3) is 0.364. The molecule has 0 radical (unpaired) electrons. The van der Waals surface area contributed by atoms with E-state index in [1.807, 2.05) is 12.1 Å². The third kappa shape index (κ3) is 4.03. The van der Waals surface area contributed by atoms with Crippen LogP contribution < -0.4 is 14.4 Å². The van der Waals surface area contributed by atoms with Crippen molar-refractivity contribution < 1.29 is 23.5 Å². The number of hydrogen-bond donors (Lipinski definition) is 0. The summed E-state index contributed by atoms with van der Waals surface area (Å²) in [5.74, 6) is 0.918. The lowest BCUT2D eigenvalue weighted by molar-refractivity contribution is -0.142. The fourth-order valence-corrected chi connectivity index (χ4v) is 3.74. The number of anilines is 1. The smallest absolute Gasteiger partial charge is 0.267 e. The summed E-state index contributed by atoms with van der Waals surface area (Å²) in [6.45, 7) is 2.55. The van der Waals surface area contributed by atoms with E-state index in [0.29, 0.717) is 49.8 Å². The summed E-state index contributed by atoms with van der Waals surface area (Å²) in [6.07, 6.45) is -0.211. The van der Waals surface area contributed by atoms with Gasteiger partial charge in [-0.2, -0.15) is 0 Å². The molecular weight excluding hydrogens is 389 g/mol. The van der Waals surface area contributed by atoms with E-state index in [0.717, 1.165) is 11.3 Å². The number of amides is 1. The molecule has 1 fully saturated rings. The van der Waals surface area contributed by atoms with Crippen molar-refractivity contribution in [2.75, 3.05) is 45.3 Å². The first-order valence-corrected chi connectivity index (χ1v) is 9.83. The highest BCUT2D eigenvalue weighted by Crippen LogP contribution is 2.30. The van der Waals surface area contributed by atoms with Crippen LogP contribution in [0, 0.1) is 5.82 Å². The molecule has 7 nitrogen and oxygen atoms in total. The summed E-state index contributed by atoms with van der Waals surface area (Å²) in [5, 5.41) is 4.13. The van der Waals surface area contributed by atoms with Crippen LogP contribution in [0.15, 0.2) is 47.6 Å². The lowest BCUT2D eigenvalue weighted by Crippen LogP contribution is -2.51. The van der Waals surface area contributed by atoms with Gasteiger partial charge >= 0.3 is 0 Å². The van der Waals surface area contributed by atoms with Crippen molar-refractivity contribution in [3.05, 3.63) is 53.8 Å². The van der Waals surface area contributed by atoms with Gasteiger partial charge in [0.2, 0.25) is 6.10 Å². The van der Waals surface area contributed by atoms with Crippen molar-refractivity contribution in [2.45, 2.75) is 12.5 Å². The SMILES string of the molecule is COc1ccc(C2=NO[C@H](C(=O)N3CCN(c4ccc(F)cc4)CC3)C2)cc1OC. The van der Waals surface area contributed by atoms with Crippen molar-refractivity contribution in [3.8, 4) is 11.5 Å². The van der Waals surface area contributed by atoms with Crippen LogP contribution in [0.1, 0.15) is 12.0 Å². The number of carbonyl (C=O) groups is 1. The van der Waals surface area contributed by atoms with Crippen LogP contribution >= 0.6 is 0 Å². The van der Waals surface area contributed by atoms with Gasteiger partial charge in [0.1, 0.15) is 5.82 Å². The van der Waals surface area contributed by atoms with Crippen molar-refractivity contribution in [2.24, 2.45) is 5.16 Å². The monoisotopic (exact) mass is 413 g/mol. The Balaban J connectivity index is 1.34. The molecule has 0 bridgehead atoms. The largest absolute Gasteiger partial charge is 0.493 e. The highest BCUT2D eigenvalue weighted by Gasteiger charge is 2.34. The molecule has 0 aliphatic carbocycles. The number of methoxy groups -OCH3 is 2. The topological polar surface area (TPSA) is 63.6 Å². The third-order valence-corrected chi connectivity index (χ3v) is 5.44. The predicted molar refractivity (Wildman–Crippen MR) is 111 cm³/mol. The van der Waals surface area contributed by atoms with Gasteiger partial charge in [-0.05, 0) is 42.5 Å². The highest BCUT2D eigenvalue weighted by atomic mass is 19.1. The first kappa shape index (κ1) is 20.0. The number of carbonyl (C=O) groups excluding carboxylic acids is 1. The standard InChI is InChI=1S/C22H24FN3O4/c1-28-19-8-3-15(13-20(19)29-2)18-14-21(30-24-18)22(27)26-11-9-25(10-12-26)17-6-4-16(23)5-7-17/h3-8,13,21H,9-12,14H2,1-2H3/t21-/m0/s1. The maximum Gasteiger partial charge on any atom is 0.267 e. The number of rotatable bonds is 5. The Hall–Kier alpha value is -3.29. The zero-order valence-electron chi connectivity index (χ0n) is 17.0. The van der Waals surface area contributed by atoms with Gasteiger partial charge in [-0.15, -0.1) is 0 Å². The van der Waals surface area contributed by atoms with Gasteiger partial charge in [0.15, 0.2) is 11.5 Å². The quantitative estimate of drug-likeness (QED) is 0.754. The molecule has 8 heteroatoms. The Labute approximate surface area is 174 Å². The number of benzene rings is 2. The van der Waals surface area contributed by atoms with Gasteiger partial charge in [-0.3, -0.25) is 4.79 Å². The number of nitrogens with zero attached hydrogens (tertiary/aromatic N) is 3. The van der Waals surface area contributed by atoms with Crippen LogP contribution in [0.5, 0.6) is 11.5 Å². The maximum atomic E-state index is 13.1. The van der Waals surface area contributed by atoms with E-state index in [4.69, 9.17) is 14.3 Å². The van der Waals surface area contributed by atoms with Crippen LogP contribution in [-0.4, -0.2) is 63.0 Å². The molecule has 2 aromatic rings. The number of ether oxygens (including phenoxy) is 2. The van der Waals surface area contributed by atoms with Crippen molar-refractivity contribution in [1.82, 2.24) is 4.90 Å². The van der Waals surface area contributed by atoms with E-state index in [-0.39, 0.29) is 11.7 Å². The van der Waals surface area contributed by atoms with Crippen LogP contribution in [0.2, 0.25) is 0 Å². The first-order chi connectivity index (χ1) is 14.6. The molecule has 1 atom stereocenters. The number of halogens is 1. The Kier molecular flexibility index (Phi) is 5.74. The van der Waals surface area contributed by atoms with Gasteiger partial charge in [-0.25, -0.2) is 4.39 Å². The Bertz CT molecular complexity index is 940. The average Bonchev–Trinajstić information content (AvgIpc) is 3.29. The van der Waals surface area contributed by atoms with Gasteiger partial charge in [0.05, 0.1) is 19.9 Å². The van der Waals surface area contributed by atoms with Gasteiger partial charge in [0, 0.05) is 43.9 Å². The van der Waals surface area contributed by atoms with Crippen LogP contribution in [0.25, 0.3) is 0 Å². The maximum absolute atomic E-state index is 13.1. The molecule has 2 aliphatic heterocycles. The summed E-state index contributed by atoms with van der Waals surface area (Å²) < 4.78 is 23.7. The van der Waals surface area contributed by atoms with E-state index >= 15 is 0 Å². The number of piperazine rings is 1. The summed E-state index contributed by atoms with van der Waals surface area (Å²) in [7, 11) is 3.16. The van der Waals surface area contributed by atoms with Crippen LogP contribution in [0.3, 0.4) is 0 Å². The molecule has 1 amide bonds. The van der Waals surface area contributed by atoms with Crippen molar-refractivity contribution >= 4 is 17.3 Å². The van der Waals surface area contributed by atoms with E-state index in [1.54, 1.807) is 37.3 Å². The first-order valence-electron chi connectivity index (χ1n) is 9.83. The third-order valence-electron chi connectivity index (χ3n) is 5.44. The van der Waals surface area contributed by atoms with Gasteiger partial charge in [-0.1, -0.05) is 5.16 Å². The zero-order chi connectivity index (χ0) is 21.1. The molecule has 0 aromatic heterocycles. The molecule has 2 heterocycles. The highest BCUT2D eigenvalue weighted by molar-refractivity contribution is 6.04. The molecule has 0 saturated carbocycles. The second-order valence-electron chi connectivity index (χ2n) is 7.19. The molecule has 0 N–H and O–H groups in total. The van der Waals surface area contributed by atoms with E-state index in [9.17, 15) is 9.18 Å². The van der Waals surface area contributed by atoms with Gasteiger partial charge in [0.25, 0.3) is 5.91 Å². The lowest BCUT2D eigenvalue weighted by Gasteiger charge is -2.36. The fourth-order valence-electron chi connectivity index (χ4n) is 3.74. The molecule has 30 heavy (non-hydrogen) atoms. The minimum Gasteiger partial charge on any atom is -0.493 e. The number of oxime groups is 1. The van der Waals surface area contributed by atoms with Crippen molar-refractivity contribution in [1.29, 1.82) is 0 Å².